The molecule has 3 aromatic heterocycles. The summed E-state index contributed by atoms with van der Waals surface area (Å²) in [6.07, 6.45) is 4.23. The van der Waals surface area contributed by atoms with Gasteiger partial charge in [-0.25, -0.2) is 13.8 Å². The molecule has 0 saturated heterocycles. The quantitative estimate of drug-likeness (QED) is 0.233. The van der Waals surface area contributed by atoms with Crippen LogP contribution in [0, 0.1) is 12.7 Å². The maximum atomic E-state index is 14.2. The van der Waals surface area contributed by atoms with E-state index in [1.165, 1.54) is 58.5 Å². The number of aromatic nitrogens is 5. The summed E-state index contributed by atoms with van der Waals surface area (Å²) in [6, 6.07) is 2.53. The number of nitrogens with one attached hydrogen (secondary N) is 1. The van der Waals surface area contributed by atoms with Gasteiger partial charge in [0.15, 0.2) is 0 Å². The van der Waals surface area contributed by atoms with E-state index in [-0.39, 0.29) is 29.9 Å². The highest BCUT2D eigenvalue weighted by Crippen LogP contribution is 2.33. The number of aryl methyl sites for hydroxylation is 1. The van der Waals surface area contributed by atoms with Crippen molar-refractivity contribution in [3.8, 4) is 10.8 Å². The summed E-state index contributed by atoms with van der Waals surface area (Å²) >= 11 is 1.18. The minimum absolute atomic E-state index is 0.146. The third-order valence-corrected chi connectivity index (χ3v) is 9.65. The first-order valence-corrected chi connectivity index (χ1v) is 15.9. The topological polar surface area (TPSA) is 162 Å². The Balaban J connectivity index is 1.26. The van der Waals surface area contributed by atoms with Crippen molar-refractivity contribution in [2.75, 3.05) is 20.3 Å². The van der Waals surface area contributed by atoms with Crippen LogP contribution >= 0.6 is 11.3 Å². The van der Waals surface area contributed by atoms with E-state index in [1.807, 2.05) is 6.92 Å². The Morgan fingerprint density at radius 2 is 1.89 bits per heavy atom. The molecule has 46 heavy (non-hydrogen) atoms. The van der Waals surface area contributed by atoms with Gasteiger partial charge in [0.2, 0.25) is 5.91 Å². The molecule has 1 aliphatic carbocycles. The lowest BCUT2D eigenvalue weighted by molar-refractivity contribution is -0.135. The van der Waals surface area contributed by atoms with Crippen molar-refractivity contribution in [2.24, 2.45) is 0 Å². The molecule has 0 radical (unpaired) electrons. The molecular formula is C31H37FN6O7S. The number of halogens is 1. The number of aromatic amines is 1. The molecule has 3 atom stereocenters. The predicted molar refractivity (Wildman–Crippen MR) is 168 cm³/mol. The summed E-state index contributed by atoms with van der Waals surface area (Å²) in [5.74, 6) is -0.434. The third-order valence-electron chi connectivity index (χ3n) is 8.47. The molecule has 3 heterocycles. The fourth-order valence-electron chi connectivity index (χ4n) is 5.63. The minimum atomic E-state index is -1.10. The van der Waals surface area contributed by atoms with E-state index < -0.39 is 41.7 Å². The molecule has 0 spiro atoms. The van der Waals surface area contributed by atoms with Gasteiger partial charge in [-0.1, -0.05) is 11.3 Å². The van der Waals surface area contributed by atoms with Crippen LogP contribution in [0.15, 0.2) is 40.2 Å². The SMILES string of the molecule is Cc1c(-n2nccn2)sc2[nH]c(=O)n([C@H](C)C(=O)N(C)C(C)CCOc3ccc(F)cc3[C@H](CO)OC3CCC(=O)CC3)c(=O)c12. The minimum Gasteiger partial charge on any atom is -0.493 e. The maximum Gasteiger partial charge on any atom is 0.330 e. The highest BCUT2D eigenvalue weighted by Gasteiger charge is 2.29. The van der Waals surface area contributed by atoms with Crippen LogP contribution < -0.4 is 16.0 Å². The van der Waals surface area contributed by atoms with Gasteiger partial charge in [-0.2, -0.15) is 10.2 Å². The molecule has 13 nitrogen and oxygen atoms in total. The molecule has 1 aliphatic rings. The van der Waals surface area contributed by atoms with Gasteiger partial charge in [-0.15, -0.1) is 4.80 Å². The molecule has 1 fully saturated rings. The van der Waals surface area contributed by atoms with Crippen LogP contribution in [0.4, 0.5) is 4.39 Å². The highest BCUT2D eigenvalue weighted by atomic mass is 32.1. The summed E-state index contributed by atoms with van der Waals surface area (Å²) < 4.78 is 27.2. The zero-order valence-corrected chi connectivity index (χ0v) is 26.9. The van der Waals surface area contributed by atoms with Gasteiger partial charge in [-0.3, -0.25) is 19.4 Å². The molecule has 5 rings (SSSR count). The normalized spacial score (nSPS) is 16.0. The highest BCUT2D eigenvalue weighted by molar-refractivity contribution is 7.21. The Labute approximate surface area is 267 Å². The number of ether oxygens (including phenoxy) is 2. The molecule has 15 heteroatoms. The number of aliphatic hydroxyl groups excluding tert-OH is 1. The number of aliphatic hydroxyl groups is 1. The van der Waals surface area contributed by atoms with Gasteiger partial charge in [0.1, 0.15) is 39.3 Å². The average molecular weight is 657 g/mol. The van der Waals surface area contributed by atoms with Crippen LogP contribution in [-0.2, 0) is 14.3 Å². The van der Waals surface area contributed by atoms with Crippen LogP contribution in [0.25, 0.3) is 15.2 Å². The molecule has 0 bridgehead atoms. The van der Waals surface area contributed by atoms with Gasteiger partial charge < -0.3 is 19.5 Å². The van der Waals surface area contributed by atoms with Gasteiger partial charge in [-0.05, 0) is 51.8 Å². The number of amides is 1. The molecule has 1 aromatic carbocycles. The largest absolute Gasteiger partial charge is 0.493 e. The fourth-order valence-corrected chi connectivity index (χ4v) is 6.74. The number of hydrogen-bond donors (Lipinski definition) is 2. The number of nitrogens with zero attached hydrogens (tertiary/aromatic N) is 5. The number of carbonyl (C=O) groups excluding carboxylic acids is 2. The number of benzene rings is 1. The molecule has 0 aliphatic heterocycles. The predicted octanol–water partition coefficient (Wildman–Crippen LogP) is 3.22. The number of Topliss-reactive ketones (excluding diaryl/α,β-unsaturated/α-hetero) is 1. The van der Waals surface area contributed by atoms with Gasteiger partial charge in [0.25, 0.3) is 5.56 Å². The molecule has 1 saturated carbocycles. The second-order valence-electron chi connectivity index (χ2n) is 11.5. The van der Waals surface area contributed by atoms with Crippen LogP contribution in [0.1, 0.15) is 69.2 Å². The second-order valence-corrected chi connectivity index (χ2v) is 12.5. The average Bonchev–Trinajstić information content (AvgIpc) is 3.68. The van der Waals surface area contributed by atoms with E-state index in [9.17, 15) is 28.7 Å². The Morgan fingerprint density at radius 1 is 1.20 bits per heavy atom. The van der Waals surface area contributed by atoms with E-state index in [1.54, 1.807) is 14.0 Å². The van der Waals surface area contributed by atoms with Gasteiger partial charge in [0, 0.05) is 43.5 Å². The number of likely N-dealkylation sites (N-methyl/N-ethyl adjacent to an activating group) is 1. The first-order valence-electron chi connectivity index (χ1n) is 15.1. The maximum absolute atomic E-state index is 14.2. The smallest absolute Gasteiger partial charge is 0.330 e. The van der Waals surface area contributed by atoms with Crippen molar-refractivity contribution in [1.29, 1.82) is 0 Å². The monoisotopic (exact) mass is 656 g/mol. The Kier molecular flexibility index (Phi) is 10.1. The summed E-state index contributed by atoms with van der Waals surface area (Å²) in [6.45, 7) is 4.80. The lowest BCUT2D eigenvalue weighted by Crippen LogP contribution is -2.46. The lowest BCUT2D eigenvalue weighted by atomic mass is 9.96. The first-order chi connectivity index (χ1) is 22.0. The number of ketones is 1. The summed E-state index contributed by atoms with van der Waals surface area (Å²) in [4.78, 5) is 57.6. The van der Waals surface area contributed by atoms with Crippen molar-refractivity contribution in [1.82, 2.24) is 29.4 Å². The van der Waals surface area contributed by atoms with Crippen molar-refractivity contribution in [3.05, 3.63) is 68.4 Å². The molecule has 1 amide bonds. The first kappa shape index (κ1) is 33.2. The number of rotatable bonds is 12. The molecule has 4 aromatic rings. The van der Waals surface area contributed by atoms with Crippen LogP contribution in [0.5, 0.6) is 5.75 Å². The van der Waals surface area contributed by atoms with Gasteiger partial charge in [0.05, 0.1) is 37.1 Å². The van der Waals surface area contributed by atoms with E-state index in [0.29, 0.717) is 58.8 Å². The van der Waals surface area contributed by atoms with E-state index in [2.05, 4.69) is 15.2 Å². The fraction of sp³-hybridized carbons (Fsp3) is 0.484. The molecule has 2 N–H and O–H groups in total. The van der Waals surface area contributed by atoms with Crippen LogP contribution in [-0.4, -0.2) is 78.6 Å². The second kappa shape index (κ2) is 14.1. The van der Waals surface area contributed by atoms with Crippen LogP contribution in [0.2, 0.25) is 0 Å². The van der Waals surface area contributed by atoms with E-state index in [0.717, 1.165) is 4.57 Å². The van der Waals surface area contributed by atoms with Crippen molar-refractivity contribution >= 4 is 33.2 Å². The number of H-pyrrole nitrogens is 1. The summed E-state index contributed by atoms with van der Waals surface area (Å²) in [5.41, 5.74) is -0.337. The Bertz CT molecular complexity index is 1830. The zero-order valence-electron chi connectivity index (χ0n) is 26.1. The Hall–Kier alpha value is -4.21. The van der Waals surface area contributed by atoms with E-state index in [4.69, 9.17) is 9.47 Å². The molecule has 246 valence electrons. The Morgan fingerprint density at radius 3 is 2.57 bits per heavy atom. The zero-order chi connectivity index (χ0) is 33.1. The van der Waals surface area contributed by atoms with E-state index >= 15 is 0 Å². The number of carbonyl (C=O) groups is 2. The number of hydrogen-bond acceptors (Lipinski definition) is 10. The third kappa shape index (κ3) is 6.81. The standard InChI is InChI=1S/C31H37FN6O7S/c1-17(11-14-44-24-10-5-20(32)15-23(24)25(16-39)45-22-8-6-21(40)7-9-22)36(4)28(41)19(3)37-29(42)26-18(2)30(38-33-12-13-34-38)46-27(26)35-31(37)43/h5,10,12-13,15,17,19,22,25,39H,6-9,11,14,16H2,1-4H3,(H,35,43)/t17?,19-,25+/m1/s1. The summed E-state index contributed by atoms with van der Waals surface area (Å²) in [5, 5.41) is 19.2. The van der Waals surface area contributed by atoms with Gasteiger partial charge >= 0.3 is 5.69 Å². The summed E-state index contributed by atoms with van der Waals surface area (Å²) in [7, 11) is 1.59. The lowest BCUT2D eigenvalue weighted by Gasteiger charge is -2.29. The van der Waals surface area contributed by atoms with Crippen molar-refractivity contribution < 1.29 is 28.6 Å². The van der Waals surface area contributed by atoms with Crippen molar-refractivity contribution in [2.45, 2.75) is 77.2 Å². The molecular weight excluding hydrogens is 619 g/mol. The number of fused-ring (bicyclic) bond motifs is 1. The number of thiophene rings is 1. The van der Waals surface area contributed by atoms with Crippen LogP contribution in [0.3, 0.4) is 0 Å². The molecule has 1 unspecified atom stereocenters. The van der Waals surface area contributed by atoms with Crippen molar-refractivity contribution in [3.63, 3.8) is 0 Å².